The largest absolute Gasteiger partial charge is 0.416 e. The summed E-state index contributed by atoms with van der Waals surface area (Å²) < 4.78 is 37.5. The maximum absolute atomic E-state index is 12.5. The van der Waals surface area contributed by atoms with E-state index in [0.29, 0.717) is 12.5 Å². The van der Waals surface area contributed by atoms with Gasteiger partial charge in [0.25, 0.3) is 0 Å². The van der Waals surface area contributed by atoms with Crippen LogP contribution in [-0.2, 0) is 19.0 Å². The monoisotopic (exact) mass is 314 g/mol. The van der Waals surface area contributed by atoms with Crippen LogP contribution in [0.25, 0.3) is 0 Å². The van der Waals surface area contributed by atoms with E-state index in [4.69, 9.17) is 0 Å². The summed E-state index contributed by atoms with van der Waals surface area (Å²) in [5.74, 6) is 0. The minimum Gasteiger partial charge on any atom is -0.317 e. The first-order valence-corrected chi connectivity index (χ1v) is 7.47. The Bertz CT molecular complexity index is 575. The van der Waals surface area contributed by atoms with Crippen LogP contribution in [0.15, 0.2) is 30.5 Å². The highest BCUT2D eigenvalue weighted by atomic mass is 32.1. The fourth-order valence-corrected chi connectivity index (χ4v) is 3.00. The van der Waals surface area contributed by atoms with E-state index >= 15 is 0 Å². The van der Waals surface area contributed by atoms with Crippen molar-refractivity contribution in [3.8, 4) is 0 Å². The Morgan fingerprint density at radius 2 is 1.90 bits per heavy atom. The summed E-state index contributed by atoms with van der Waals surface area (Å²) in [6.07, 6.45) is -0.966. The molecule has 1 N–H and O–H groups in total. The highest BCUT2D eigenvalue weighted by molar-refractivity contribution is 7.11. The lowest BCUT2D eigenvalue weighted by molar-refractivity contribution is -0.137. The number of hydrogen-bond donors (Lipinski definition) is 1. The molecule has 0 saturated heterocycles. The first-order chi connectivity index (χ1) is 9.88. The summed E-state index contributed by atoms with van der Waals surface area (Å²) in [6, 6.07) is 5.64. The van der Waals surface area contributed by atoms with Gasteiger partial charge in [-0.2, -0.15) is 13.2 Å². The molecule has 114 valence electrons. The van der Waals surface area contributed by atoms with Gasteiger partial charge < -0.3 is 5.32 Å². The fourth-order valence-electron chi connectivity index (χ4n) is 1.91. The van der Waals surface area contributed by atoms with Gasteiger partial charge in [-0.1, -0.05) is 12.1 Å². The van der Waals surface area contributed by atoms with Crippen LogP contribution in [0.2, 0.25) is 0 Å². The van der Waals surface area contributed by atoms with Crippen molar-refractivity contribution in [2.75, 3.05) is 7.05 Å². The smallest absolute Gasteiger partial charge is 0.317 e. The predicted octanol–water partition coefficient (Wildman–Crippen LogP) is 3.90. The minimum atomic E-state index is -4.28. The summed E-state index contributed by atoms with van der Waals surface area (Å²) in [5, 5.41) is 4.09. The van der Waals surface area contributed by atoms with E-state index < -0.39 is 11.7 Å². The standard InChI is InChI=1S/C15H17F3N2S/c1-10(19-2)7-13-9-20-14(21-13)8-11-3-5-12(6-4-11)15(16,17)18/h3-6,9-10,19H,7-8H2,1-2H3. The van der Waals surface area contributed by atoms with Gasteiger partial charge in [-0.25, -0.2) is 4.98 Å². The maximum atomic E-state index is 12.5. The number of rotatable bonds is 5. The third-order valence-electron chi connectivity index (χ3n) is 3.24. The Kier molecular flexibility index (Phi) is 5.00. The number of halogens is 3. The van der Waals surface area contributed by atoms with Crippen LogP contribution in [0.5, 0.6) is 0 Å². The molecule has 0 bridgehead atoms. The maximum Gasteiger partial charge on any atom is 0.416 e. The molecule has 1 unspecified atom stereocenters. The lowest BCUT2D eigenvalue weighted by Gasteiger charge is -2.07. The van der Waals surface area contributed by atoms with Gasteiger partial charge in [0.05, 0.1) is 10.6 Å². The van der Waals surface area contributed by atoms with Crippen LogP contribution >= 0.6 is 11.3 Å². The molecule has 1 aromatic carbocycles. The Morgan fingerprint density at radius 3 is 2.48 bits per heavy atom. The van der Waals surface area contributed by atoms with Gasteiger partial charge in [-0.05, 0) is 38.1 Å². The zero-order valence-electron chi connectivity index (χ0n) is 11.9. The summed E-state index contributed by atoms with van der Waals surface area (Å²) in [4.78, 5) is 5.52. The van der Waals surface area contributed by atoms with Gasteiger partial charge in [0, 0.05) is 23.5 Å². The zero-order chi connectivity index (χ0) is 15.5. The van der Waals surface area contributed by atoms with Crippen LogP contribution in [0, 0.1) is 0 Å². The molecule has 0 spiro atoms. The Balaban J connectivity index is 2.02. The SMILES string of the molecule is CNC(C)Cc1cnc(Cc2ccc(C(F)(F)F)cc2)s1. The molecule has 1 atom stereocenters. The number of benzene rings is 1. The van der Waals surface area contributed by atoms with Crippen molar-refractivity contribution in [3.05, 3.63) is 51.5 Å². The van der Waals surface area contributed by atoms with E-state index in [1.54, 1.807) is 11.3 Å². The molecule has 1 aromatic heterocycles. The summed E-state index contributed by atoms with van der Waals surface area (Å²) in [5.41, 5.74) is 0.222. The van der Waals surface area contributed by atoms with Crippen LogP contribution < -0.4 is 5.32 Å². The second-order valence-corrected chi connectivity index (χ2v) is 6.19. The van der Waals surface area contributed by atoms with Gasteiger partial charge in [0.2, 0.25) is 0 Å². The second kappa shape index (κ2) is 6.58. The molecular weight excluding hydrogens is 297 g/mol. The number of nitrogens with one attached hydrogen (secondary N) is 1. The molecule has 6 heteroatoms. The van der Waals surface area contributed by atoms with Crippen molar-refractivity contribution in [2.45, 2.75) is 32.0 Å². The number of aromatic nitrogens is 1. The van der Waals surface area contributed by atoms with Gasteiger partial charge in [0.1, 0.15) is 0 Å². The van der Waals surface area contributed by atoms with E-state index in [1.807, 2.05) is 13.2 Å². The third-order valence-corrected chi connectivity index (χ3v) is 4.26. The van der Waals surface area contributed by atoms with Crippen molar-refractivity contribution in [3.63, 3.8) is 0 Å². The van der Waals surface area contributed by atoms with Crippen molar-refractivity contribution in [1.29, 1.82) is 0 Å². The van der Waals surface area contributed by atoms with Crippen LogP contribution in [0.3, 0.4) is 0 Å². The lowest BCUT2D eigenvalue weighted by atomic mass is 10.1. The first-order valence-electron chi connectivity index (χ1n) is 6.65. The Morgan fingerprint density at radius 1 is 1.24 bits per heavy atom. The summed E-state index contributed by atoms with van der Waals surface area (Å²) in [7, 11) is 1.91. The van der Waals surface area contributed by atoms with Crippen LogP contribution in [0.1, 0.15) is 27.9 Å². The van der Waals surface area contributed by atoms with Crippen molar-refractivity contribution >= 4 is 11.3 Å². The Hall–Kier alpha value is -1.40. The molecule has 0 aliphatic rings. The lowest BCUT2D eigenvalue weighted by Crippen LogP contribution is -2.22. The van der Waals surface area contributed by atoms with Crippen molar-refractivity contribution in [2.24, 2.45) is 0 Å². The quantitative estimate of drug-likeness (QED) is 0.905. The molecule has 0 aliphatic heterocycles. The number of alkyl halides is 3. The summed E-state index contributed by atoms with van der Waals surface area (Å²) >= 11 is 1.61. The third kappa shape index (κ3) is 4.54. The normalized spacial score (nSPS) is 13.4. The molecule has 21 heavy (non-hydrogen) atoms. The molecule has 2 aromatic rings. The molecule has 0 amide bonds. The number of nitrogens with zero attached hydrogens (tertiary/aromatic N) is 1. The van der Waals surface area contributed by atoms with E-state index in [2.05, 4.69) is 17.2 Å². The average Bonchev–Trinajstić information content (AvgIpc) is 2.85. The topological polar surface area (TPSA) is 24.9 Å². The Labute approximate surface area is 126 Å². The van der Waals surface area contributed by atoms with E-state index in [9.17, 15) is 13.2 Å². The summed E-state index contributed by atoms with van der Waals surface area (Å²) in [6.45, 7) is 2.09. The number of thiazole rings is 1. The zero-order valence-corrected chi connectivity index (χ0v) is 12.7. The molecule has 0 aliphatic carbocycles. The van der Waals surface area contributed by atoms with E-state index in [1.165, 1.54) is 17.0 Å². The minimum absolute atomic E-state index is 0.379. The van der Waals surface area contributed by atoms with Crippen LogP contribution in [0.4, 0.5) is 13.2 Å². The molecule has 0 radical (unpaired) electrons. The average molecular weight is 314 g/mol. The van der Waals surface area contributed by atoms with Gasteiger partial charge in [-0.15, -0.1) is 11.3 Å². The van der Waals surface area contributed by atoms with E-state index in [0.717, 1.165) is 29.1 Å². The molecule has 2 rings (SSSR count). The van der Waals surface area contributed by atoms with Gasteiger partial charge in [-0.3, -0.25) is 0 Å². The molecule has 2 nitrogen and oxygen atoms in total. The van der Waals surface area contributed by atoms with Crippen molar-refractivity contribution < 1.29 is 13.2 Å². The molecule has 0 saturated carbocycles. The molecule has 0 fully saturated rings. The predicted molar refractivity (Wildman–Crippen MR) is 78.6 cm³/mol. The van der Waals surface area contributed by atoms with E-state index in [-0.39, 0.29) is 0 Å². The van der Waals surface area contributed by atoms with Crippen molar-refractivity contribution in [1.82, 2.24) is 10.3 Å². The molecule has 1 heterocycles. The highest BCUT2D eigenvalue weighted by Gasteiger charge is 2.29. The second-order valence-electron chi connectivity index (χ2n) is 4.99. The van der Waals surface area contributed by atoms with Crippen LogP contribution in [-0.4, -0.2) is 18.1 Å². The number of likely N-dealkylation sites (N-methyl/N-ethyl adjacent to an activating group) is 1. The number of hydrogen-bond acceptors (Lipinski definition) is 3. The molecular formula is C15H17F3N2S. The first kappa shape index (κ1) is 16.0. The fraction of sp³-hybridized carbons (Fsp3) is 0.400. The van der Waals surface area contributed by atoms with Gasteiger partial charge in [0.15, 0.2) is 0 Å². The highest BCUT2D eigenvalue weighted by Crippen LogP contribution is 2.29. The van der Waals surface area contributed by atoms with Gasteiger partial charge >= 0.3 is 6.18 Å².